The highest BCUT2D eigenvalue weighted by Gasteiger charge is 2.26. The van der Waals surface area contributed by atoms with Crippen LogP contribution in [-0.4, -0.2) is 30.3 Å². The Bertz CT molecular complexity index is 388. The smallest absolute Gasteiger partial charge is 0.326 e. The second-order valence-corrected chi connectivity index (χ2v) is 4.23. The van der Waals surface area contributed by atoms with Crippen LogP contribution in [0.15, 0.2) is 24.3 Å². The average molecular weight is 253 g/mol. The normalized spacial score (nSPS) is 14.1. The van der Waals surface area contributed by atoms with E-state index in [0.29, 0.717) is 11.3 Å². The van der Waals surface area contributed by atoms with Gasteiger partial charge in [0, 0.05) is 0 Å². The van der Waals surface area contributed by atoms with Gasteiger partial charge in [0.2, 0.25) is 0 Å². The van der Waals surface area contributed by atoms with Crippen molar-refractivity contribution in [2.45, 2.75) is 32.1 Å². The van der Waals surface area contributed by atoms with E-state index in [2.05, 4.69) is 0 Å². The molecule has 0 aliphatic rings. The van der Waals surface area contributed by atoms with E-state index < -0.39 is 18.1 Å². The minimum Gasteiger partial charge on any atom is -0.497 e. The third-order valence-electron chi connectivity index (χ3n) is 2.42. The van der Waals surface area contributed by atoms with Crippen LogP contribution in [0, 0.1) is 0 Å². The van der Waals surface area contributed by atoms with E-state index in [0.717, 1.165) is 0 Å². The summed E-state index contributed by atoms with van der Waals surface area (Å²) in [6.45, 7) is 3.45. The first-order valence-electron chi connectivity index (χ1n) is 5.73. The van der Waals surface area contributed by atoms with Gasteiger partial charge in [0.25, 0.3) is 0 Å². The van der Waals surface area contributed by atoms with E-state index in [9.17, 15) is 9.90 Å². The van der Waals surface area contributed by atoms with Gasteiger partial charge in [0.1, 0.15) is 17.9 Å². The Kier molecular flexibility index (Phi) is 5.12. The lowest BCUT2D eigenvalue weighted by Gasteiger charge is -2.19. The summed E-state index contributed by atoms with van der Waals surface area (Å²) in [6, 6.07) is 5.61. The number of ether oxygens (including phenoxy) is 2. The Morgan fingerprint density at radius 3 is 2.28 bits per heavy atom. The molecule has 1 aromatic rings. The molecule has 0 aliphatic heterocycles. The largest absolute Gasteiger partial charge is 0.497 e. The van der Waals surface area contributed by atoms with Gasteiger partial charge in [-0.25, -0.2) is 0 Å². The lowest BCUT2D eigenvalue weighted by molar-refractivity contribution is -0.151. The minimum absolute atomic E-state index is 0.258. The Morgan fingerprint density at radius 1 is 1.28 bits per heavy atom. The van der Waals surface area contributed by atoms with Crippen molar-refractivity contribution in [1.29, 1.82) is 0 Å². The molecular weight excluding hydrogens is 234 g/mol. The van der Waals surface area contributed by atoms with E-state index in [1.165, 1.54) is 0 Å². The molecule has 18 heavy (non-hydrogen) atoms. The van der Waals surface area contributed by atoms with Crippen molar-refractivity contribution in [1.82, 2.24) is 0 Å². The fourth-order valence-corrected chi connectivity index (χ4v) is 1.45. The molecule has 100 valence electrons. The van der Waals surface area contributed by atoms with Crippen LogP contribution in [-0.2, 0) is 9.53 Å². The molecule has 0 radical (unpaired) electrons. The number of carbonyl (C=O) groups excluding carboxylic acids is 1. The van der Waals surface area contributed by atoms with E-state index in [1.54, 1.807) is 45.2 Å². The lowest BCUT2D eigenvalue weighted by Crippen LogP contribution is -2.39. The van der Waals surface area contributed by atoms with Crippen LogP contribution in [0.1, 0.15) is 25.5 Å². The third-order valence-corrected chi connectivity index (χ3v) is 2.42. The van der Waals surface area contributed by atoms with Crippen molar-refractivity contribution < 1.29 is 19.4 Å². The quantitative estimate of drug-likeness (QED) is 0.765. The monoisotopic (exact) mass is 253 g/mol. The van der Waals surface area contributed by atoms with Gasteiger partial charge >= 0.3 is 5.97 Å². The zero-order chi connectivity index (χ0) is 13.7. The maximum atomic E-state index is 11.6. The molecular formula is C13H19NO4. The summed E-state index contributed by atoms with van der Waals surface area (Å²) in [5.41, 5.74) is 6.20. The van der Waals surface area contributed by atoms with E-state index in [4.69, 9.17) is 15.2 Å². The van der Waals surface area contributed by atoms with Crippen LogP contribution >= 0.6 is 0 Å². The number of aliphatic hydroxyl groups excluding tert-OH is 1. The standard InChI is InChI=1S/C13H19NO4/c1-8(2)18-13(16)11(14)12(15)9-4-6-10(17-3)7-5-9/h4-8,11-12,15H,14H2,1-3H3. The van der Waals surface area contributed by atoms with Crippen molar-refractivity contribution in [3.05, 3.63) is 29.8 Å². The molecule has 0 spiro atoms. The number of rotatable bonds is 5. The van der Waals surface area contributed by atoms with Gasteiger partial charge in [-0.05, 0) is 31.5 Å². The first kappa shape index (κ1) is 14.5. The first-order valence-corrected chi connectivity index (χ1v) is 5.73. The number of esters is 1. The number of methoxy groups -OCH3 is 1. The summed E-state index contributed by atoms with van der Waals surface area (Å²) in [5, 5.41) is 9.97. The van der Waals surface area contributed by atoms with Gasteiger partial charge in [-0.3, -0.25) is 4.79 Å². The molecule has 0 fully saturated rings. The third kappa shape index (κ3) is 3.72. The number of nitrogens with two attached hydrogens (primary N) is 1. The number of carbonyl (C=O) groups is 1. The maximum absolute atomic E-state index is 11.6. The van der Waals surface area contributed by atoms with Crippen molar-refractivity contribution in [2.24, 2.45) is 5.73 Å². The second kappa shape index (κ2) is 6.37. The molecule has 0 saturated carbocycles. The maximum Gasteiger partial charge on any atom is 0.326 e. The van der Waals surface area contributed by atoms with Gasteiger partial charge in [-0.15, -0.1) is 0 Å². The Labute approximate surface area is 107 Å². The molecule has 2 unspecified atom stereocenters. The fourth-order valence-electron chi connectivity index (χ4n) is 1.45. The highest BCUT2D eigenvalue weighted by Crippen LogP contribution is 2.20. The van der Waals surface area contributed by atoms with E-state index >= 15 is 0 Å². The summed E-state index contributed by atoms with van der Waals surface area (Å²) in [7, 11) is 1.55. The Hall–Kier alpha value is -1.59. The summed E-state index contributed by atoms with van der Waals surface area (Å²) in [4.78, 5) is 11.6. The molecule has 0 amide bonds. The van der Waals surface area contributed by atoms with Crippen LogP contribution in [0.3, 0.4) is 0 Å². The van der Waals surface area contributed by atoms with Crippen LogP contribution in [0.5, 0.6) is 5.75 Å². The number of aliphatic hydroxyl groups is 1. The fraction of sp³-hybridized carbons (Fsp3) is 0.462. The molecule has 3 N–H and O–H groups in total. The van der Waals surface area contributed by atoms with Crippen molar-refractivity contribution in [2.75, 3.05) is 7.11 Å². The lowest BCUT2D eigenvalue weighted by atomic mass is 10.0. The zero-order valence-corrected chi connectivity index (χ0v) is 10.8. The molecule has 0 aromatic heterocycles. The summed E-state index contributed by atoms with van der Waals surface area (Å²) in [5.74, 6) is 0.0533. The molecule has 1 aromatic carbocycles. The summed E-state index contributed by atoms with van der Waals surface area (Å²) in [6.07, 6.45) is -1.35. The predicted octanol–water partition coefficient (Wildman–Crippen LogP) is 1.01. The molecule has 5 nitrogen and oxygen atoms in total. The summed E-state index contributed by atoms with van der Waals surface area (Å²) >= 11 is 0. The van der Waals surface area contributed by atoms with Gasteiger partial charge in [0.05, 0.1) is 13.2 Å². The van der Waals surface area contributed by atoms with Gasteiger partial charge in [-0.2, -0.15) is 0 Å². The van der Waals surface area contributed by atoms with E-state index in [1.807, 2.05) is 0 Å². The van der Waals surface area contributed by atoms with Crippen LogP contribution in [0.25, 0.3) is 0 Å². The van der Waals surface area contributed by atoms with E-state index in [-0.39, 0.29) is 6.10 Å². The van der Waals surface area contributed by atoms with Crippen molar-refractivity contribution in [3.63, 3.8) is 0 Å². The topological polar surface area (TPSA) is 81.8 Å². The molecule has 1 rings (SSSR count). The van der Waals surface area contributed by atoms with Crippen molar-refractivity contribution in [3.8, 4) is 5.75 Å². The average Bonchev–Trinajstić information content (AvgIpc) is 2.36. The van der Waals surface area contributed by atoms with Crippen LogP contribution in [0.2, 0.25) is 0 Å². The van der Waals surface area contributed by atoms with Crippen LogP contribution in [0.4, 0.5) is 0 Å². The van der Waals surface area contributed by atoms with Gasteiger partial charge in [-0.1, -0.05) is 12.1 Å². The van der Waals surface area contributed by atoms with Crippen molar-refractivity contribution >= 4 is 5.97 Å². The van der Waals surface area contributed by atoms with Crippen LogP contribution < -0.4 is 10.5 Å². The number of benzene rings is 1. The predicted molar refractivity (Wildman–Crippen MR) is 67.2 cm³/mol. The molecule has 0 bridgehead atoms. The highest BCUT2D eigenvalue weighted by atomic mass is 16.5. The molecule has 5 heteroatoms. The van der Waals surface area contributed by atoms with Gasteiger partial charge < -0.3 is 20.3 Å². The molecule has 2 atom stereocenters. The number of hydrogen-bond acceptors (Lipinski definition) is 5. The highest BCUT2D eigenvalue weighted by molar-refractivity contribution is 5.76. The second-order valence-electron chi connectivity index (χ2n) is 4.23. The number of hydrogen-bond donors (Lipinski definition) is 2. The Morgan fingerprint density at radius 2 is 1.83 bits per heavy atom. The first-order chi connectivity index (χ1) is 8.45. The molecule has 0 aliphatic carbocycles. The van der Waals surface area contributed by atoms with Gasteiger partial charge in [0.15, 0.2) is 0 Å². The minimum atomic E-state index is -1.10. The Balaban J connectivity index is 2.72. The summed E-state index contributed by atoms with van der Waals surface area (Å²) < 4.78 is 9.96. The SMILES string of the molecule is COc1ccc(C(O)C(N)C(=O)OC(C)C)cc1. The molecule has 0 heterocycles. The molecule has 0 saturated heterocycles. The zero-order valence-electron chi connectivity index (χ0n) is 10.8.